The van der Waals surface area contributed by atoms with E-state index in [2.05, 4.69) is 26.1 Å². The van der Waals surface area contributed by atoms with Crippen molar-refractivity contribution in [2.75, 3.05) is 18.4 Å². The van der Waals surface area contributed by atoms with Crippen LogP contribution in [0, 0.1) is 0 Å². The van der Waals surface area contributed by atoms with Crippen LogP contribution in [0.15, 0.2) is 46.9 Å². The van der Waals surface area contributed by atoms with Crippen LogP contribution in [0.25, 0.3) is 10.9 Å². The molecular formula is C22H22BrF3N4O. The van der Waals surface area contributed by atoms with Crippen LogP contribution >= 0.6 is 15.9 Å². The second-order valence-electron chi connectivity index (χ2n) is 7.80. The molecule has 164 valence electrons. The summed E-state index contributed by atoms with van der Waals surface area (Å²) in [5.41, 5.74) is 0.587. The maximum atomic E-state index is 12.9. The van der Waals surface area contributed by atoms with Gasteiger partial charge in [0.05, 0.1) is 29.8 Å². The zero-order valence-electron chi connectivity index (χ0n) is 17.1. The predicted molar refractivity (Wildman–Crippen MR) is 117 cm³/mol. The fraction of sp³-hybridized carbons (Fsp3) is 0.364. The Morgan fingerprint density at radius 3 is 2.39 bits per heavy atom. The third kappa shape index (κ3) is 5.34. The Labute approximate surface area is 186 Å². The van der Waals surface area contributed by atoms with Crippen molar-refractivity contribution in [2.24, 2.45) is 0 Å². The summed E-state index contributed by atoms with van der Waals surface area (Å²) in [6.45, 7) is 6.21. The van der Waals surface area contributed by atoms with Gasteiger partial charge in [0.1, 0.15) is 11.6 Å². The lowest BCUT2D eigenvalue weighted by atomic mass is 10.2. The minimum absolute atomic E-state index is 0.128. The first-order valence-electron chi connectivity index (χ1n) is 9.95. The maximum Gasteiger partial charge on any atom is 0.416 e. The van der Waals surface area contributed by atoms with E-state index in [0.29, 0.717) is 23.9 Å². The number of hydrogen-bond acceptors (Lipinski definition) is 5. The van der Waals surface area contributed by atoms with Gasteiger partial charge in [-0.05, 0) is 56.3 Å². The molecule has 2 heterocycles. The Bertz CT molecular complexity index is 1060. The van der Waals surface area contributed by atoms with E-state index in [1.165, 1.54) is 12.1 Å². The highest BCUT2D eigenvalue weighted by atomic mass is 79.9. The first kappa shape index (κ1) is 22.0. The fourth-order valence-electron chi connectivity index (χ4n) is 3.81. The number of anilines is 2. The molecule has 1 fully saturated rings. The Morgan fingerprint density at radius 1 is 1.06 bits per heavy atom. The fourth-order valence-corrected chi connectivity index (χ4v) is 4.16. The molecule has 9 heteroatoms. The molecule has 31 heavy (non-hydrogen) atoms. The van der Waals surface area contributed by atoms with Gasteiger partial charge >= 0.3 is 6.18 Å². The van der Waals surface area contributed by atoms with Crippen LogP contribution in [-0.4, -0.2) is 40.2 Å². The molecule has 5 nitrogen and oxygen atoms in total. The Kier molecular flexibility index (Phi) is 6.18. The van der Waals surface area contributed by atoms with Gasteiger partial charge in [-0.2, -0.15) is 13.2 Å². The van der Waals surface area contributed by atoms with E-state index < -0.39 is 11.7 Å². The second-order valence-corrected chi connectivity index (χ2v) is 8.72. The number of fused-ring (bicyclic) bond motifs is 1. The van der Waals surface area contributed by atoms with E-state index >= 15 is 0 Å². The van der Waals surface area contributed by atoms with Crippen molar-refractivity contribution >= 4 is 38.3 Å². The van der Waals surface area contributed by atoms with Crippen LogP contribution in [0.4, 0.5) is 24.7 Å². The molecule has 1 saturated heterocycles. The van der Waals surface area contributed by atoms with E-state index in [9.17, 15) is 13.2 Å². The van der Waals surface area contributed by atoms with Crippen LogP contribution in [-0.2, 0) is 17.5 Å². The standard InChI is InChI=1S/C22H22BrF3N4O/c1-13-10-30(11-14(2)31-13)12-20-28-19-9-16(23)5-8-18(19)21(29-20)27-17-6-3-15(4-7-17)22(24,25)26/h3-9,13-14H,10-12H2,1-2H3,(H,27,28,29). The van der Waals surface area contributed by atoms with Crippen LogP contribution in [0.3, 0.4) is 0 Å². The molecule has 0 aliphatic carbocycles. The zero-order valence-corrected chi connectivity index (χ0v) is 18.7. The van der Waals surface area contributed by atoms with Crippen LogP contribution in [0.2, 0.25) is 0 Å². The summed E-state index contributed by atoms with van der Waals surface area (Å²) in [5.74, 6) is 1.20. The summed E-state index contributed by atoms with van der Waals surface area (Å²) in [5, 5.41) is 3.95. The van der Waals surface area contributed by atoms with Gasteiger partial charge in [0.25, 0.3) is 0 Å². The SMILES string of the molecule is CC1CN(Cc2nc(Nc3ccc(C(F)(F)F)cc3)c3ccc(Br)cc3n2)CC(C)O1. The highest BCUT2D eigenvalue weighted by Gasteiger charge is 2.30. The van der Waals surface area contributed by atoms with Crippen molar-refractivity contribution in [1.29, 1.82) is 0 Å². The van der Waals surface area contributed by atoms with Gasteiger partial charge in [-0.3, -0.25) is 4.90 Å². The average Bonchev–Trinajstić information content (AvgIpc) is 2.66. The Balaban J connectivity index is 1.65. The number of nitrogens with one attached hydrogen (secondary N) is 1. The summed E-state index contributed by atoms with van der Waals surface area (Å²) in [6.07, 6.45) is -4.11. The minimum atomic E-state index is -4.37. The number of nitrogens with zero attached hydrogens (tertiary/aromatic N) is 3. The van der Waals surface area contributed by atoms with Crippen molar-refractivity contribution in [2.45, 2.75) is 38.8 Å². The number of aromatic nitrogens is 2. The lowest BCUT2D eigenvalue weighted by Gasteiger charge is -2.34. The summed E-state index contributed by atoms with van der Waals surface area (Å²) in [7, 11) is 0. The van der Waals surface area contributed by atoms with Crippen molar-refractivity contribution in [1.82, 2.24) is 14.9 Å². The van der Waals surface area contributed by atoms with Gasteiger partial charge in [-0.1, -0.05) is 15.9 Å². The highest BCUT2D eigenvalue weighted by molar-refractivity contribution is 9.10. The molecule has 0 radical (unpaired) electrons. The van der Waals surface area contributed by atoms with Gasteiger partial charge < -0.3 is 10.1 Å². The predicted octanol–water partition coefficient (Wildman–Crippen LogP) is 5.76. The molecule has 2 aromatic carbocycles. The van der Waals surface area contributed by atoms with Crippen LogP contribution < -0.4 is 5.32 Å². The smallest absolute Gasteiger partial charge is 0.373 e. The van der Waals surface area contributed by atoms with E-state index in [4.69, 9.17) is 14.7 Å². The van der Waals surface area contributed by atoms with E-state index in [0.717, 1.165) is 40.6 Å². The first-order chi connectivity index (χ1) is 14.7. The first-order valence-corrected chi connectivity index (χ1v) is 10.7. The van der Waals surface area contributed by atoms with E-state index in [1.807, 2.05) is 32.0 Å². The maximum absolute atomic E-state index is 12.9. The van der Waals surface area contributed by atoms with Gasteiger partial charge in [-0.15, -0.1) is 0 Å². The minimum Gasteiger partial charge on any atom is -0.373 e. The van der Waals surface area contributed by atoms with E-state index in [1.54, 1.807) is 0 Å². The number of benzene rings is 2. The van der Waals surface area contributed by atoms with Gasteiger partial charge in [-0.25, -0.2) is 9.97 Å². The quantitative estimate of drug-likeness (QED) is 0.499. The molecule has 0 amide bonds. The molecule has 0 saturated carbocycles. The summed E-state index contributed by atoms with van der Waals surface area (Å²) in [6, 6.07) is 10.6. The molecule has 0 bridgehead atoms. The van der Waals surface area contributed by atoms with Crippen molar-refractivity contribution in [3.05, 3.63) is 58.3 Å². The number of alkyl halides is 3. The molecule has 2 atom stereocenters. The molecule has 3 aromatic rings. The van der Waals surface area contributed by atoms with Crippen molar-refractivity contribution in [3.63, 3.8) is 0 Å². The molecule has 1 aliphatic heterocycles. The lowest BCUT2D eigenvalue weighted by Crippen LogP contribution is -2.45. The largest absolute Gasteiger partial charge is 0.416 e. The molecule has 1 N–H and O–H groups in total. The number of hydrogen-bond donors (Lipinski definition) is 1. The lowest BCUT2D eigenvalue weighted by molar-refractivity contribution is -0.137. The zero-order chi connectivity index (χ0) is 22.2. The van der Waals surface area contributed by atoms with E-state index in [-0.39, 0.29) is 12.2 Å². The molecule has 4 rings (SSSR count). The van der Waals surface area contributed by atoms with Crippen LogP contribution in [0.5, 0.6) is 0 Å². The van der Waals surface area contributed by atoms with Crippen molar-refractivity contribution in [3.8, 4) is 0 Å². The number of rotatable bonds is 4. The molecule has 2 unspecified atom stereocenters. The van der Waals surface area contributed by atoms with Crippen LogP contribution in [0.1, 0.15) is 25.2 Å². The van der Waals surface area contributed by atoms with Gasteiger partial charge in [0, 0.05) is 28.6 Å². The second kappa shape index (κ2) is 8.72. The van der Waals surface area contributed by atoms with Gasteiger partial charge in [0.2, 0.25) is 0 Å². The normalized spacial score (nSPS) is 20.2. The average molecular weight is 495 g/mol. The summed E-state index contributed by atoms with van der Waals surface area (Å²) >= 11 is 3.47. The third-order valence-electron chi connectivity index (χ3n) is 5.04. The number of halogens is 4. The third-order valence-corrected chi connectivity index (χ3v) is 5.53. The monoisotopic (exact) mass is 494 g/mol. The molecule has 1 aliphatic rings. The van der Waals surface area contributed by atoms with Crippen molar-refractivity contribution < 1.29 is 17.9 Å². The topological polar surface area (TPSA) is 50.3 Å². The molecular weight excluding hydrogens is 473 g/mol. The molecule has 0 spiro atoms. The summed E-state index contributed by atoms with van der Waals surface area (Å²) < 4.78 is 45.3. The Morgan fingerprint density at radius 2 is 1.74 bits per heavy atom. The number of morpholine rings is 1. The summed E-state index contributed by atoms with van der Waals surface area (Å²) in [4.78, 5) is 11.7. The highest BCUT2D eigenvalue weighted by Crippen LogP contribution is 2.31. The van der Waals surface area contributed by atoms with Gasteiger partial charge in [0.15, 0.2) is 0 Å². The number of ether oxygens (including phenoxy) is 1. The molecule has 1 aromatic heterocycles. The Hall–Kier alpha value is -2.23.